The fraction of sp³-hybridized carbons (Fsp3) is 0.400. The van der Waals surface area contributed by atoms with E-state index in [1.165, 1.54) is 16.0 Å². The fourth-order valence-electron chi connectivity index (χ4n) is 4.04. The third-order valence-corrected chi connectivity index (χ3v) is 7.36. The molecule has 0 radical (unpaired) electrons. The number of nitrogens with one attached hydrogen (secondary N) is 1. The van der Waals surface area contributed by atoms with Crippen LogP contribution in [0.4, 0.5) is 5.69 Å². The van der Waals surface area contributed by atoms with Crippen molar-refractivity contribution in [1.29, 1.82) is 0 Å². The van der Waals surface area contributed by atoms with Crippen LogP contribution in [0.25, 0.3) is 0 Å². The number of amides is 1. The Morgan fingerprint density at radius 1 is 1.00 bits per heavy atom. The monoisotopic (exact) mass is 504 g/mol. The summed E-state index contributed by atoms with van der Waals surface area (Å²) >= 11 is 8.34. The predicted molar refractivity (Wildman–Crippen MR) is 134 cm³/mol. The molecule has 7 nitrogen and oxygen atoms in total. The molecule has 9 heteroatoms. The standard InChI is InChI=1S/C21H23ClN2OS.C4H6O4/c22-18-7-6-15-8-10-23-11-9-17(15)21(18)26-13-3-12-24-19-5-2-1-4-16(19)14-20(24)25;5-3(6)1-2-4(7)8/h1-2,4-7,23H,3,8-14H2;1-2H2,(H,5,6)(H,7,8). The van der Waals surface area contributed by atoms with Crippen molar-refractivity contribution < 1.29 is 24.6 Å². The van der Waals surface area contributed by atoms with Crippen molar-refractivity contribution in [3.8, 4) is 0 Å². The minimum absolute atomic E-state index is 0.217. The van der Waals surface area contributed by atoms with E-state index in [-0.39, 0.29) is 18.7 Å². The molecular formula is C25H29ClN2O5S. The number of nitrogens with zero attached hydrogens (tertiary/aromatic N) is 1. The highest BCUT2D eigenvalue weighted by molar-refractivity contribution is 7.99. The maximum Gasteiger partial charge on any atom is 0.303 e. The molecule has 4 rings (SSSR count). The van der Waals surface area contributed by atoms with Crippen molar-refractivity contribution in [3.05, 3.63) is 58.1 Å². The number of hydrogen-bond acceptors (Lipinski definition) is 5. The normalized spacial score (nSPS) is 14.5. The van der Waals surface area contributed by atoms with Crippen molar-refractivity contribution >= 4 is 46.9 Å². The number of carbonyl (C=O) groups is 3. The van der Waals surface area contributed by atoms with E-state index >= 15 is 0 Å². The number of aliphatic carboxylic acids is 2. The van der Waals surface area contributed by atoms with Crippen molar-refractivity contribution in [1.82, 2.24) is 5.32 Å². The quantitative estimate of drug-likeness (QED) is 0.368. The molecule has 2 aliphatic heterocycles. The Kier molecular flexibility index (Phi) is 9.80. The lowest BCUT2D eigenvalue weighted by Crippen LogP contribution is -2.28. The van der Waals surface area contributed by atoms with Crippen molar-refractivity contribution in [3.63, 3.8) is 0 Å². The molecule has 0 aromatic heterocycles. The number of benzene rings is 2. The number of thioether (sulfide) groups is 1. The van der Waals surface area contributed by atoms with E-state index in [0.29, 0.717) is 6.42 Å². The van der Waals surface area contributed by atoms with Crippen LogP contribution in [0.2, 0.25) is 5.02 Å². The SMILES string of the molecule is O=C(O)CCC(=O)O.O=C1Cc2ccccc2N1CCCSc1c(Cl)ccc2c1CCNCC2. The Labute approximate surface area is 208 Å². The number of halogens is 1. The molecule has 0 bridgehead atoms. The number of para-hydroxylation sites is 1. The van der Waals surface area contributed by atoms with Gasteiger partial charge in [-0.15, -0.1) is 11.8 Å². The van der Waals surface area contributed by atoms with Gasteiger partial charge in [0.25, 0.3) is 0 Å². The summed E-state index contributed by atoms with van der Waals surface area (Å²) in [5.41, 5.74) is 5.06. The van der Waals surface area contributed by atoms with E-state index in [0.717, 1.165) is 60.9 Å². The molecule has 2 heterocycles. The third kappa shape index (κ3) is 7.22. The van der Waals surface area contributed by atoms with Gasteiger partial charge in [-0.25, -0.2) is 0 Å². The largest absolute Gasteiger partial charge is 0.481 e. The number of fused-ring (bicyclic) bond motifs is 2. The molecule has 0 aliphatic carbocycles. The van der Waals surface area contributed by atoms with Gasteiger partial charge >= 0.3 is 11.9 Å². The number of carboxylic acids is 2. The van der Waals surface area contributed by atoms with Crippen LogP contribution in [0.5, 0.6) is 0 Å². The predicted octanol–water partition coefficient (Wildman–Crippen LogP) is 4.04. The highest BCUT2D eigenvalue weighted by Gasteiger charge is 2.26. The molecule has 0 saturated carbocycles. The molecule has 0 unspecified atom stereocenters. The van der Waals surface area contributed by atoms with Crippen molar-refractivity contribution in [2.75, 3.05) is 30.3 Å². The average molecular weight is 505 g/mol. The van der Waals surface area contributed by atoms with Gasteiger partial charge in [-0.2, -0.15) is 0 Å². The molecule has 2 aromatic rings. The Bertz CT molecular complexity index is 1030. The number of rotatable bonds is 8. The van der Waals surface area contributed by atoms with Crippen molar-refractivity contribution in [2.45, 2.75) is 43.4 Å². The van der Waals surface area contributed by atoms with E-state index in [4.69, 9.17) is 21.8 Å². The molecule has 0 atom stereocenters. The van der Waals surface area contributed by atoms with Crippen LogP contribution >= 0.6 is 23.4 Å². The number of carbonyl (C=O) groups excluding carboxylic acids is 1. The summed E-state index contributed by atoms with van der Waals surface area (Å²) in [6.45, 7) is 2.83. The summed E-state index contributed by atoms with van der Waals surface area (Å²) in [4.78, 5) is 34.7. The molecule has 0 saturated heterocycles. The smallest absolute Gasteiger partial charge is 0.303 e. The highest BCUT2D eigenvalue weighted by Crippen LogP contribution is 2.35. The number of carboxylic acid groups (broad SMARTS) is 2. The van der Waals surface area contributed by atoms with Crippen LogP contribution in [0.1, 0.15) is 36.0 Å². The van der Waals surface area contributed by atoms with Gasteiger partial charge in [-0.05, 0) is 66.9 Å². The Morgan fingerprint density at radius 2 is 1.71 bits per heavy atom. The van der Waals surface area contributed by atoms with Crippen LogP contribution in [0.3, 0.4) is 0 Å². The second-order valence-electron chi connectivity index (χ2n) is 8.10. The molecule has 182 valence electrons. The molecule has 3 N–H and O–H groups in total. The lowest BCUT2D eigenvalue weighted by Gasteiger charge is -2.18. The van der Waals surface area contributed by atoms with E-state index in [1.54, 1.807) is 0 Å². The molecule has 2 aliphatic rings. The van der Waals surface area contributed by atoms with E-state index in [1.807, 2.05) is 40.9 Å². The second kappa shape index (κ2) is 12.8. The zero-order chi connectivity index (χ0) is 24.5. The van der Waals surface area contributed by atoms with Gasteiger partial charge in [-0.1, -0.05) is 35.9 Å². The highest BCUT2D eigenvalue weighted by atomic mass is 35.5. The van der Waals surface area contributed by atoms with Crippen LogP contribution in [0, 0.1) is 0 Å². The van der Waals surface area contributed by atoms with Gasteiger partial charge in [-0.3, -0.25) is 14.4 Å². The van der Waals surface area contributed by atoms with E-state index < -0.39 is 11.9 Å². The van der Waals surface area contributed by atoms with E-state index in [9.17, 15) is 14.4 Å². The Morgan fingerprint density at radius 3 is 2.44 bits per heavy atom. The Hall–Kier alpha value is -2.55. The number of anilines is 1. The summed E-state index contributed by atoms with van der Waals surface area (Å²) in [5, 5.41) is 20.1. The first-order chi connectivity index (χ1) is 16.4. The third-order valence-electron chi connectivity index (χ3n) is 5.68. The van der Waals surface area contributed by atoms with Crippen LogP contribution in [0.15, 0.2) is 41.3 Å². The van der Waals surface area contributed by atoms with Crippen LogP contribution < -0.4 is 10.2 Å². The zero-order valence-electron chi connectivity index (χ0n) is 18.9. The first-order valence-electron chi connectivity index (χ1n) is 11.3. The summed E-state index contributed by atoms with van der Waals surface area (Å²) < 4.78 is 0. The summed E-state index contributed by atoms with van der Waals surface area (Å²) in [5.74, 6) is -0.969. The lowest BCUT2D eigenvalue weighted by molar-refractivity contribution is -0.143. The van der Waals surface area contributed by atoms with Crippen molar-refractivity contribution in [2.24, 2.45) is 0 Å². The van der Waals surface area contributed by atoms with Gasteiger partial charge in [0, 0.05) is 17.1 Å². The molecule has 2 aromatic carbocycles. The maximum absolute atomic E-state index is 12.3. The topological polar surface area (TPSA) is 107 Å². The van der Waals surface area contributed by atoms with Gasteiger partial charge in [0.2, 0.25) is 5.91 Å². The average Bonchev–Trinajstić information content (AvgIpc) is 2.96. The summed E-state index contributed by atoms with van der Waals surface area (Å²) in [7, 11) is 0. The van der Waals surface area contributed by atoms with E-state index in [2.05, 4.69) is 17.4 Å². The molecular weight excluding hydrogens is 476 g/mol. The second-order valence-corrected chi connectivity index (χ2v) is 9.62. The Balaban J connectivity index is 0.000000350. The summed E-state index contributed by atoms with van der Waals surface area (Å²) in [6.07, 6.45) is 3.01. The maximum atomic E-state index is 12.3. The first kappa shape index (κ1) is 26.1. The number of hydrogen-bond donors (Lipinski definition) is 3. The van der Waals surface area contributed by atoms with Gasteiger partial charge in [0.1, 0.15) is 0 Å². The molecule has 1 amide bonds. The molecule has 0 fully saturated rings. The molecule has 34 heavy (non-hydrogen) atoms. The molecule has 0 spiro atoms. The minimum atomic E-state index is -1.08. The first-order valence-corrected chi connectivity index (χ1v) is 12.7. The zero-order valence-corrected chi connectivity index (χ0v) is 20.5. The van der Waals surface area contributed by atoms with Gasteiger partial charge < -0.3 is 20.4 Å². The van der Waals surface area contributed by atoms with Gasteiger partial charge in [0.15, 0.2) is 0 Å². The van der Waals surface area contributed by atoms with Gasteiger partial charge in [0.05, 0.1) is 24.3 Å². The van der Waals surface area contributed by atoms with Crippen LogP contribution in [-0.2, 0) is 33.6 Å². The van der Waals surface area contributed by atoms with Crippen LogP contribution in [-0.4, -0.2) is 53.4 Å². The minimum Gasteiger partial charge on any atom is -0.481 e. The fourth-order valence-corrected chi connectivity index (χ4v) is 5.47. The summed E-state index contributed by atoms with van der Waals surface area (Å²) in [6, 6.07) is 12.3. The lowest BCUT2D eigenvalue weighted by atomic mass is 10.0.